The smallest absolute Gasteiger partial charge is 0.191 e. The molecule has 2 N–H and O–H groups in total. The van der Waals surface area contributed by atoms with Gasteiger partial charge in [0.2, 0.25) is 0 Å². The van der Waals surface area contributed by atoms with E-state index in [1.54, 1.807) is 7.05 Å². The summed E-state index contributed by atoms with van der Waals surface area (Å²) in [7, 11) is 3.61. The van der Waals surface area contributed by atoms with Gasteiger partial charge in [0.25, 0.3) is 0 Å². The van der Waals surface area contributed by atoms with Gasteiger partial charge in [-0.15, -0.1) is 24.0 Å². The van der Waals surface area contributed by atoms with Crippen LogP contribution in [0.15, 0.2) is 11.1 Å². The monoisotopic (exact) mass is 390 g/mol. The summed E-state index contributed by atoms with van der Waals surface area (Å²) in [5.74, 6) is 0.760. The molecule has 4 nitrogen and oxygen atoms in total. The highest BCUT2D eigenvalue weighted by Crippen LogP contribution is 2.24. The minimum absolute atomic E-state index is 0. The van der Waals surface area contributed by atoms with Gasteiger partial charge in [0.05, 0.1) is 11.6 Å². The maximum absolute atomic E-state index is 5.97. The molecule has 7 heteroatoms. The molecule has 0 bridgehead atoms. The van der Waals surface area contributed by atoms with Crippen LogP contribution >= 0.6 is 47.2 Å². The van der Waals surface area contributed by atoms with Gasteiger partial charge >= 0.3 is 0 Å². The van der Waals surface area contributed by atoms with Gasteiger partial charge < -0.3 is 15.2 Å². The zero-order chi connectivity index (χ0) is 12.1. The third kappa shape index (κ3) is 4.56. The summed E-state index contributed by atoms with van der Waals surface area (Å²) in [4.78, 5) is 4.07. The largest absolute Gasteiger partial charge is 0.357 e. The van der Waals surface area contributed by atoms with Crippen molar-refractivity contribution in [3.05, 3.63) is 21.9 Å². The lowest BCUT2D eigenvalue weighted by Crippen LogP contribution is -2.36. The Hall–Kier alpha value is -0.140. The Morgan fingerprint density at radius 3 is 2.47 bits per heavy atom. The van der Waals surface area contributed by atoms with Crippen LogP contribution in [0.5, 0.6) is 0 Å². The topological polar surface area (TPSA) is 41.4 Å². The van der Waals surface area contributed by atoms with E-state index in [1.807, 2.05) is 24.6 Å². The van der Waals surface area contributed by atoms with Crippen molar-refractivity contribution in [2.75, 3.05) is 13.6 Å². The molecule has 0 aliphatic carbocycles. The number of nitrogens with one attached hydrogen (secondary N) is 2. The molecule has 98 valence electrons. The zero-order valence-corrected chi connectivity index (χ0v) is 13.9. The highest BCUT2D eigenvalue weighted by molar-refractivity contribution is 14.0. The molecule has 0 unspecified atom stereocenters. The quantitative estimate of drug-likeness (QED) is 0.473. The van der Waals surface area contributed by atoms with Crippen LogP contribution in [-0.2, 0) is 13.6 Å². The number of aromatic nitrogens is 1. The van der Waals surface area contributed by atoms with Crippen LogP contribution in [0.1, 0.15) is 12.6 Å². The van der Waals surface area contributed by atoms with Crippen molar-refractivity contribution in [1.29, 1.82) is 0 Å². The molecule has 0 saturated carbocycles. The van der Waals surface area contributed by atoms with Crippen molar-refractivity contribution >= 4 is 53.1 Å². The fourth-order valence-electron chi connectivity index (χ4n) is 1.32. The Kier molecular flexibility index (Phi) is 7.98. The first-order valence-corrected chi connectivity index (χ1v) is 5.79. The number of hydrogen-bond acceptors (Lipinski definition) is 1. The fraction of sp³-hybridized carbons (Fsp3) is 0.500. The number of hydrogen-bond donors (Lipinski definition) is 2. The highest BCUT2D eigenvalue weighted by atomic mass is 127. The summed E-state index contributed by atoms with van der Waals surface area (Å²) in [6.07, 6.45) is 0. The molecule has 1 heterocycles. The first-order chi connectivity index (χ1) is 7.60. The summed E-state index contributed by atoms with van der Waals surface area (Å²) in [6.45, 7) is 3.47. The van der Waals surface area contributed by atoms with Crippen LogP contribution in [0.25, 0.3) is 0 Å². The van der Waals surface area contributed by atoms with Crippen LogP contribution in [0.4, 0.5) is 0 Å². The number of rotatable bonds is 3. The van der Waals surface area contributed by atoms with Gasteiger partial charge in [-0.1, -0.05) is 23.2 Å². The van der Waals surface area contributed by atoms with Crippen molar-refractivity contribution in [3.63, 3.8) is 0 Å². The van der Waals surface area contributed by atoms with E-state index in [-0.39, 0.29) is 24.0 Å². The molecule has 1 aromatic heterocycles. The Balaban J connectivity index is 0.00000256. The molecule has 0 fully saturated rings. The Morgan fingerprint density at radius 2 is 2.06 bits per heavy atom. The van der Waals surface area contributed by atoms with Crippen molar-refractivity contribution in [2.45, 2.75) is 13.5 Å². The van der Waals surface area contributed by atoms with Crippen molar-refractivity contribution in [1.82, 2.24) is 15.2 Å². The lowest BCUT2D eigenvalue weighted by molar-refractivity contribution is 0.757. The van der Waals surface area contributed by atoms with Gasteiger partial charge in [-0.05, 0) is 13.0 Å². The van der Waals surface area contributed by atoms with Gasteiger partial charge in [0.15, 0.2) is 5.96 Å². The molecule has 1 rings (SSSR count). The maximum Gasteiger partial charge on any atom is 0.191 e. The number of nitrogens with zero attached hydrogens (tertiary/aromatic N) is 2. The minimum atomic E-state index is 0. The first-order valence-electron chi connectivity index (χ1n) is 5.04. The summed E-state index contributed by atoms with van der Waals surface area (Å²) in [5, 5.41) is 7.40. The highest BCUT2D eigenvalue weighted by Gasteiger charge is 2.08. The Morgan fingerprint density at radius 1 is 1.41 bits per heavy atom. The third-order valence-electron chi connectivity index (χ3n) is 2.22. The summed E-state index contributed by atoms with van der Waals surface area (Å²) < 4.78 is 1.84. The Labute approximate surface area is 129 Å². The molecule has 0 radical (unpaired) electrons. The average Bonchev–Trinajstić information content (AvgIpc) is 2.52. The van der Waals surface area contributed by atoms with E-state index in [0.717, 1.165) is 18.2 Å². The van der Waals surface area contributed by atoms with Gasteiger partial charge in [-0.25, -0.2) is 0 Å². The second kappa shape index (κ2) is 8.05. The van der Waals surface area contributed by atoms with Gasteiger partial charge in [0, 0.05) is 26.3 Å². The van der Waals surface area contributed by atoms with Crippen LogP contribution in [-0.4, -0.2) is 24.1 Å². The average molecular weight is 391 g/mol. The molecule has 17 heavy (non-hydrogen) atoms. The van der Waals surface area contributed by atoms with E-state index in [4.69, 9.17) is 23.2 Å². The van der Waals surface area contributed by atoms with E-state index < -0.39 is 0 Å². The normalized spacial score (nSPS) is 11.0. The molecular formula is C10H17Cl2IN4. The van der Waals surface area contributed by atoms with Crippen molar-refractivity contribution < 1.29 is 0 Å². The predicted molar refractivity (Wildman–Crippen MR) is 84.7 cm³/mol. The lowest BCUT2D eigenvalue weighted by Gasteiger charge is -2.10. The zero-order valence-electron chi connectivity index (χ0n) is 10.1. The summed E-state index contributed by atoms with van der Waals surface area (Å²) in [5.41, 5.74) is 1.01. The molecule has 0 amide bonds. The molecule has 0 aromatic carbocycles. The summed E-state index contributed by atoms with van der Waals surface area (Å²) >= 11 is 11.9. The Bertz CT molecular complexity index is 390. The van der Waals surface area contributed by atoms with E-state index >= 15 is 0 Å². The standard InChI is InChI=1S/C10H16Cl2N4.HI/c1-4-14-10(13-2)15-6-7-5-8(11)9(12)16(7)3;/h5H,4,6H2,1-3H3,(H2,13,14,15);1H. The number of halogens is 3. The molecule has 1 aromatic rings. The fourth-order valence-corrected chi connectivity index (χ4v) is 1.74. The number of guanidine groups is 1. The number of aliphatic imine (C=N–C) groups is 1. The second-order valence-corrected chi connectivity index (χ2v) is 4.05. The maximum atomic E-state index is 5.97. The SMILES string of the molecule is CCNC(=NC)NCc1cc(Cl)c(Cl)n1C.I. The molecular weight excluding hydrogens is 374 g/mol. The van der Waals surface area contributed by atoms with Gasteiger partial charge in [-0.3, -0.25) is 4.99 Å². The molecule has 0 aliphatic heterocycles. The van der Waals surface area contributed by atoms with Crippen LogP contribution < -0.4 is 10.6 Å². The van der Waals surface area contributed by atoms with Crippen LogP contribution in [0.2, 0.25) is 10.2 Å². The van der Waals surface area contributed by atoms with E-state index in [9.17, 15) is 0 Å². The third-order valence-corrected chi connectivity index (χ3v) is 3.06. The minimum Gasteiger partial charge on any atom is -0.357 e. The molecule has 0 spiro atoms. The molecule has 0 atom stereocenters. The van der Waals surface area contributed by atoms with Crippen molar-refractivity contribution in [3.8, 4) is 0 Å². The van der Waals surface area contributed by atoms with E-state index in [2.05, 4.69) is 15.6 Å². The predicted octanol–water partition coefficient (Wildman–Crippen LogP) is 2.63. The van der Waals surface area contributed by atoms with Crippen LogP contribution in [0.3, 0.4) is 0 Å². The van der Waals surface area contributed by atoms with E-state index in [0.29, 0.717) is 16.7 Å². The van der Waals surface area contributed by atoms with Crippen molar-refractivity contribution in [2.24, 2.45) is 12.0 Å². The first kappa shape index (κ1) is 16.9. The van der Waals surface area contributed by atoms with Gasteiger partial charge in [0.1, 0.15) is 5.15 Å². The van der Waals surface area contributed by atoms with Crippen LogP contribution in [0, 0.1) is 0 Å². The summed E-state index contributed by atoms with van der Waals surface area (Å²) in [6, 6.07) is 1.84. The lowest BCUT2D eigenvalue weighted by atomic mass is 10.4. The molecule has 0 aliphatic rings. The van der Waals surface area contributed by atoms with E-state index in [1.165, 1.54) is 0 Å². The second-order valence-electron chi connectivity index (χ2n) is 3.29. The van der Waals surface area contributed by atoms with Gasteiger partial charge in [-0.2, -0.15) is 0 Å². The molecule has 0 saturated heterocycles.